The van der Waals surface area contributed by atoms with Crippen molar-refractivity contribution in [3.05, 3.63) is 59.9 Å². The van der Waals surface area contributed by atoms with Crippen LogP contribution >= 0.6 is 11.8 Å². The highest BCUT2D eigenvalue weighted by Gasteiger charge is 2.09. The van der Waals surface area contributed by atoms with Crippen LogP contribution in [0.5, 0.6) is 0 Å². The van der Waals surface area contributed by atoms with Gasteiger partial charge in [0, 0.05) is 17.9 Å². The lowest BCUT2D eigenvalue weighted by Crippen LogP contribution is -2.06. The second kappa shape index (κ2) is 16.4. The number of thioether (sulfide) groups is 1. The van der Waals surface area contributed by atoms with E-state index < -0.39 is 0 Å². The number of hydrogen-bond acceptors (Lipinski definition) is 2. The van der Waals surface area contributed by atoms with E-state index in [2.05, 4.69) is 70.4 Å². The van der Waals surface area contributed by atoms with Gasteiger partial charge in [-0.25, -0.2) is 0 Å². The number of hydrogen-bond donors (Lipinski definition) is 1. The quantitative estimate of drug-likeness (QED) is 0.176. The van der Waals surface area contributed by atoms with Crippen LogP contribution in [0.25, 0.3) is 0 Å². The van der Waals surface area contributed by atoms with Gasteiger partial charge >= 0.3 is 0 Å². The molecule has 0 aliphatic rings. The zero-order valence-corrected chi connectivity index (χ0v) is 19.4. The van der Waals surface area contributed by atoms with Gasteiger partial charge in [-0.3, -0.25) is 0 Å². The van der Waals surface area contributed by atoms with Crippen LogP contribution in [0, 0.1) is 24.2 Å². The molecule has 0 fully saturated rings. The molecule has 0 aromatic carbocycles. The molecule has 2 unspecified atom stereocenters. The van der Waals surface area contributed by atoms with Crippen molar-refractivity contribution in [2.75, 3.05) is 12.0 Å². The normalized spacial score (nSPS) is 14.7. The van der Waals surface area contributed by atoms with E-state index in [1.807, 2.05) is 11.8 Å². The summed E-state index contributed by atoms with van der Waals surface area (Å²) in [5.74, 6) is 4.77. The van der Waals surface area contributed by atoms with Gasteiger partial charge in [-0.15, -0.1) is 18.9 Å². The van der Waals surface area contributed by atoms with Gasteiger partial charge in [-0.05, 0) is 63.5 Å². The predicted octanol–water partition coefficient (Wildman–Crippen LogP) is 7.44. The third-order valence-electron chi connectivity index (χ3n) is 4.67. The first-order chi connectivity index (χ1) is 13.3. The zero-order chi connectivity index (χ0) is 21.4. The highest BCUT2D eigenvalue weighted by Crippen LogP contribution is 2.24. The van der Waals surface area contributed by atoms with Crippen molar-refractivity contribution in [3.63, 3.8) is 0 Å². The summed E-state index contributed by atoms with van der Waals surface area (Å²) >= 11 is 1.89. The maximum atomic E-state index is 6.20. The molecule has 0 spiro atoms. The number of unbranched alkanes of at least 4 members (excludes halogenated alkanes) is 1. The summed E-state index contributed by atoms with van der Waals surface area (Å²) in [4.78, 5) is 0. The molecule has 2 heteroatoms. The molecule has 0 rings (SSSR count). The van der Waals surface area contributed by atoms with Gasteiger partial charge in [0.05, 0.1) is 0 Å². The Labute approximate surface area is 179 Å². The van der Waals surface area contributed by atoms with Crippen LogP contribution in [0.1, 0.15) is 65.7 Å². The molecular weight excluding hydrogens is 358 g/mol. The standard InChI is InChI=1S/C26H41NS/c1-8-9-10-11-12-13-14-26(27)19-24(6)23(5)15-16-25(20-28-7)18-22(4)17-21(2)3/h1,11-12,14,16,22,24H,2,5,9-10,13,15,17-20,27H2,3-4,6-7H3/b12-11?,25-16+,26-14+. The molecule has 0 aromatic rings. The van der Waals surface area contributed by atoms with Gasteiger partial charge in [0.25, 0.3) is 0 Å². The van der Waals surface area contributed by atoms with Crippen LogP contribution in [0.2, 0.25) is 0 Å². The monoisotopic (exact) mass is 399 g/mol. The summed E-state index contributed by atoms with van der Waals surface area (Å²) in [6, 6.07) is 0. The maximum absolute atomic E-state index is 6.20. The Balaban J connectivity index is 4.54. The van der Waals surface area contributed by atoms with E-state index >= 15 is 0 Å². The molecule has 1 nitrogen and oxygen atoms in total. The molecule has 0 aromatic heterocycles. The van der Waals surface area contributed by atoms with E-state index in [0.29, 0.717) is 11.8 Å². The number of nitrogens with two attached hydrogens (primary N) is 1. The highest BCUT2D eigenvalue weighted by atomic mass is 32.2. The fraction of sp³-hybridized carbons (Fsp3) is 0.538. The van der Waals surface area contributed by atoms with Gasteiger partial charge in [-0.2, -0.15) is 11.8 Å². The molecule has 2 atom stereocenters. The largest absolute Gasteiger partial charge is 0.402 e. The van der Waals surface area contributed by atoms with Gasteiger partial charge in [0.1, 0.15) is 0 Å². The Morgan fingerprint density at radius 3 is 2.46 bits per heavy atom. The fourth-order valence-electron chi connectivity index (χ4n) is 3.16. The Morgan fingerprint density at radius 2 is 1.86 bits per heavy atom. The van der Waals surface area contributed by atoms with E-state index in [0.717, 1.165) is 56.4 Å². The van der Waals surface area contributed by atoms with E-state index in [4.69, 9.17) is 12.2 Å². The first kappa shape index (κ1) is 26.4. The smallest absolute Gasteiger partial charge is 0.0140 e. The second-order valence-electron chi connectivity index (χ2n) is 7.96. The first-order valence-electron chi connectivity index (χ1n) is 10.3. The number of rotatable bonds is 15. The van der Waals surface area contributed by atoms with Gasteiger partial charge in [-0.1, -0.05) is 61.4 Å². The van der Waals surface area contributed by atoms with Crippen LogP contribution in [0.3, 0.4) is 0 Å². The number of allylic oxidation sites excluding steroid dienone is 7. The third kappa shape index (κ3) is 14.5. The van der Waals surface area contributed by atoms with Crippen LogP contribution in [-0.2, 0) is 0 Å². The topological polar surface area (TPSA) is 26.0 Å². The lowest BCUT2D eigenvalue weighted by atomic mass is 9.92. The van der Waals surface area contributed by atoms with Crippen molar-refractivity contribution in [1.82, 2.24) is 0 Å². The predicted molar refractivity (Wildman–Crippen MR) is 131 cm³/mol. The Bertz CT molecular complexity index is 600. The van der Waals surface area contributed by atoms with E-state index in [1.54, 1.807) is 0 Å². The minimum atomic E-state index is 0.390. The third-order valence-corrected chi connectivity index (χ3v) is 5.33. The molecule has 156 valence electrons. The lowest BCUT2D eigenvalue weighted by molar-refractivity contribution is 0.571. The van der Waals surface area contributed by atoms with Crippen LogP contribution in [-0.4, -0.2) is 12.0 Å². The minimum absolute atomic E-state index is 0.390. The molecule has 0 aliphatic carbocycles. The van der Waals surface area contributed by atoms with E-state index in [9.17, 15) is 0 Å². The molecule has 2 N–H and O–H groups in total. The summed E-state index contributed by atoms with van der Waals surface area (Å²) < 4.78 is 0. The van der Waals surface area contributed by atoms with E-state index in [1.165, 1.54) is 16.7 Å². The average molecular weight is 400 g/mol. The number of terminal acetylenes is 1. The molecule has 0 bridgehead atoms. The summed E-state index contributed by atoms with van der Waals surface area (Å²) in [7, 11) is 0. The van der Waals surface area contributed by atoms with Gasteiger partial charge in [0.2, 0.25) is 0 Å². The molecule has 0 saturated heterocycles. The average Bonchev–Trinajstić information content (AvgIpc) is 2.61. The summed E-state index contributed by atoms with van der Waals surface area (Å²) in [5, 5.41) is 0. The van der Waals surface area contributed by atoms with Crippen molar-refractivity contribution in [1.29, 1.82) is 0 Å². The maximum Gasteiger partial charge on any atom is 0.0140 e. The molecule has 0 saturated carbocycles. The van der Waals surface area contributed by atoms with Crippen LogP contribution in [0.4, 0.5) is 0 Å². The Morgan fingerprint density at radius 1 is 1.14 bits per heavy atom. The minimum Gasteiger partial charge on any atom is -0.402 e. The molecule has 28 heavy (non-hydrogen) atoms. The summed E-state index contributed by atoms with van der Waals surface area (Å²) in [5.41, 5.74) is 11.2. The van der Waals surface area contributed by atoms with Crippen molar-refractivity contribution < 1.29 is 0 Å². The molecular formula is C26H41NS. The Hall–Kier alpha value is -1.59. The van der Waals surface area contributed by atoms with E-state index in [-0.39, 0.29) is 0 Å². The first-order valence-corrected chi connectivity index (χ1v) is 11.7. The molecule has 0 aliphatic heterocycles. The van der Waals surface area contributed by atoms with Crippen LogP contribution < -0.4 is 5.73 Å². The SMILES string of the molecule is C#CCCC=CC/C=C(/N)CC(C)C(=C)C/C=C(/CSC)CC(C)CC(=C)C. The molecule has 0 amide bonds. The van der Waals surface area contributed by atoms with Crippen molar-refractivity contribution in [3.8, 4) is 12.3 Å². The van der Waals surface area contributed by atoms with Crippen molar-refractivity contribution in [2.24, 2.45) is 17.6 Å². The van der Waals surface area contributed by atoms with Gasteiger partial charge in [0.15, 0.2) is 0 Å². The highest BCUT2D eigenvalue weighted by molar-refractivity contribution is 7.98. The van der Waals surface area contributed by atoms with Crippen LogP contribution in [0.15, 0.2) is 59.9 Å². The Kier molecular flexibility index (Phi) is 15.4. The molecule has 0 radical (unpaired) electrons. The summed E-state index contributed by atoms with van der Waals surface area (Å²) in [6.45, 7) is 15.0. The van der Waals surface area contributed by atoms with Crippen molar-refractivity contribution in [2.45, 2.75) is 65.7 Å². The lowest BCUT2D eigenvalue weighted by Gasteiger charge is -2.16. The van der Waals surface area contributed by atoms with Crippen molar-refractivity contribution >= 4 is 11.8 Å². The summed E-state index contributed by atoms with van der Waals surface area (Å²) in [6.07, 6.45) is 22.8. The molecule has 0 heterocycles. The van der Waals surface area contributed by atoms with Gasteiger partial charge < -0.3 is 5.73 Å². The zero-order valence-electron chi connectivity index (χ0n) is 18.6. The second-order valence-corrected chi connectivity index (χ2v) is 8.83. The fourth-order valence-corrected chi connectivity index (χ4v) is 3.77.